The lowest BCUT2D eigenvalue weighted by atomic mass is 9.95. The molecule has 9 heteroatoms. The summed E-state index contributed by atoms with van der Waals surface area (Å²) in [7, 11) is -2.03. The van der Waals surface area contributed by atoms with Crippen LogP contribution in [0.4, 0.5) is 5.00 Å². The normalized spacial score (nSPS) is 13.5. The van der Waals surface area contributed by atoms with E-state index < -0.39 is 10.0 Å². The number of carbonyl (C=O) groups excluding carboxylic acids is 2. The van der Waals surface area contributed by atoms with Crippen LogP contribution in [0, 0.1) is 0 Å². The summed E-state index contributed by atoms with van der Waals surface area (Å²) in [6, 6.07) is 6.06. The number of thiophene rings is 1. The molecule has 34 heavy (non-hydrogen) atoms. The molecule has 0 fully saturated rings. The van der Waals surface area contributed by atoms with Gasteiger partial charge in [0.05, 0.1) is 10.5 Å². The number of aryl methyl sites for hydroxylation is 1. The molecule has 1 aliphatic rings. The molecule has 1 aromatic carbocycles. The maximum atomic E-state index is 13.2. The van der Waals surface area contributed by atoms with E-state index >= 15 is 0 Å². The maximum absolute atomic E-state index is 13.2. The largest absolute Gasteiger partial charge is 0.355 e. The fraction of sp³-hybridized carbons (Fsp3) is 0.520. The second-order valence-electron chi connectivity index (χ2n) is 8.58. The van der Waals surface area contributed by atoms with Gasteiger partial charge in [-0.1, -0.05) is 26.7 Å². The molecular formula is C25H35N3O4S2. The average molecular weight is 506 g/mol. The number of rotatable bonds is 11. The zero-order valence-electron chi connectivity index (χ0n) is 20.3. The van der Waals surface area contributed by atoms with Crippen molar-refractivity contribution in [2.75, 3.05) is 25.5 Å². The zero-order chi connectivity index (χ0) is 24.7. The summed E-state index contributed by atoms with van der Waals surface area (Å²) >= 11 is 1.46. The summed E-state index contributed by atoms with van der Waals surface area (Å²) in [5.41, 5.74) is 1.94. The van der Waals surface area contributed by atoms with E-state index in [2.05, 4.69) is 10.6 Å². The van der Waals surface area contributed by atoms with E-state index in [4.69, 9.17) is 0 Å². The molecule has 1 heterocycles. The Morgan fingerprint density at radius 1 is 0.971 bits per heavy atom. The Morgan fingerprint density at radius 3 is 2.18 bits per heavy atom. The molecule has 0 spiro atoms. The number of hydrogen-bond donors (Lipinski definition) is 2. The Hall–Kier alpha value is -2.23. The number of carbonyl (C=O) groups is 2. The molecule has 1 aromatic heterocycles. The molecule has 7 nitrogen and oxygen atoms in total. The molecule has 0 aliphatic heterocycles. The topological polar surface area (TPSA) is 95.6 Å². The van der Waals surface area contributed by atoms with Crippen molar-refractivity contribution < 1.29 is 18.0 Å². The smallest absolute Gasteiger partial charge is 0.256 e. The van der Waals surface area contributed by atoms with Crippen molar-refractivity contribution >= 4 is 38.2 Å². The third kappa shape index (κ3) is 5.87. The maximum Gasteiger partial charge on any atom is 0.256 e. The first-order valence-electron chi connectivity index (χ1n) is 12.1. The Kier molecular flexibility index (Phi) is 9.27. The van der Waals surface area contributed by atoms with E-state index in [1.54, 1.807) is 11.4 Å². The number of hydrogen-bond acceptors (Lipinski definition) is 5. The SMILES string of the molecule is CCCCN(CCCC)S(=O)(=O)c1ccc(C(=O)Nc2sc3c(c2C(=O)NC)CCCC3)cc1. The van der Waals surface area contributed by atoms with Crippen LogP contribution in [0.2, 0.25) is 0 Å². The van der Waals surface area contributed by atoms with E-state index in [1.807, 2.05) is 13.8 Å². The quantitative estimate of drug-likeness (QED) is 0.457. The average Bonchev–Trinajstić information content (AvgIpc) is 3.21. The van der Waals surface area contributed by atoms with E-state index in [9.17, 15) is 18.0 Å². The predicted molar refractivity (Wildman–Crippen MR) is 137 cm³/mol. The van der Waals surface area contributed by atoms with Crippen LogP contribution in [0.1, 0.15) is 83.5 Å². The van der Waals surface area contributed by atoms with Crippen molar-refractivity contribution in [3.63, 3.8) is 0 Å². The molecular weight excluding hydrogens is 470 g/mol. The number of anilines is 1. The molecule has 186 valence electrons. The highest BCUT2D eigenvalue weighted by atomic mass is 32.2. The van der Waals surface area contributed by atoms with Crippen LogP contribution in [0.25, 0.3) is 0 Å². The molecule has 0 unspecified atom stereocenters. The van der Waals surface area contributed by atoms with Gasteiger partial charge in [0.25, 0.3) is 11.8 Å². The number of amides is 2. The summed E-state index contributed by atoms with van der Waals surface area (Å²) in [6.45, 7) is 5.06. The summed E-state index contributed by atoms with van der Waals surface area (Å²) in [5, 5.41) is 6.13. The molecule has 0 saturated carbocycles. The third-order valence-corrected chi connectivity index (χ3v) is 9.25. The summed E-state index contributed by atoms with van der Waals surface area (Å²) in [4.78, 5) is 26.8. The van der Waals surface area contributed by atoms with Crippen molar-refractivity contribution in [2.45, 2.75) is 70.1 Å². The highest BCUT2D eigenvalue weighted by Crippen LogP contribution is 2.38. The number of benzene rings is 1. The molecule has 0 radical (unpaired) electrons. The van der Waals surface area contributed by atoms with E-state index in [0.717, 1.165) is 61.8 Å². The van der Waals surface area contributed by atoms with Gasteiger partial charge in [-0.25, -0.2) is 8.42 Å². The summed E-state index contributed by atoms with van der Waals surface area (Å²) in [6.07, 6.45) is 7.32. The van der Waals surface area contributed by atoms with Crippen LogP contribution in [-0.2, 0) is 22.9 Å². The molecule has 0 bridgehead atoms. The van der Waals surface area contributed by atoms with Crippen LogP contribution in [-0.4, -0.2) is 44.7 Å². The van der Waals surface area contributed by atoms with Gasteiger partial charge in [0.2, 0.25) is 10.0 Å². The lowest BCUT2D eigenvalue weighted by Gasteiger charge is -2.22. The minimum absolute atomic E-state index is 0.189. The first-order chi connectivity index (χ1) is 16.3. The number of nitrogens with one attached hydrogen (secondary N) is 2. The molecule has 0 atom stereocenters. The predicted octanol–water partition coefficient (Wildman–Crippen LogP) is 4.83. The molecule has 2 aromatic rings. The highest BCUT2D eigenvalue weighted by Gasteiger charge is 2.27. The van der Waals surface area contributed by atoms with Crippen LogP contribution < -0.4 is 10.6 Å². The van der Waals surface area contributed by atoms with Gasteiger partial charge in [-0.05, 0) is 68.4 Å². The lowest BCUT2D eigenvalue weighted by Crippen LogP contribution is -2.33. The first kappa shape index (κ1) is 26.4. The Balaban J connectivity index is 1.80. The summed E-state index contributed by atoms with van der Waals surface area (Å²) in [5.74, 6) is -0.558. The van der Waals surface area contributed by atoms with Crippen LogP contribution in [0.3, 0.4) is 0 Å². The molecule has 2 N–H and O–H groups in total. The minimum Gasteiger partial charge on any atom is -0.355 e. The number of sulfonamides is 1. The van der Waals surface area contributed by atoms with Crippen molar-refractivity contribution in [2.24, 2.45) is 0 Å². The monoisotopic (exact) mass is 505 g/mol. The number of unbranched alkanes of at least 4 members (excludes halogenated alkanes) is 2. The molecule has 0 saturated heterocycles. The van der Waals surface area contributed by atoms with Crippen molar-refractivity contribution in [3.05, 3.63) is 45.8 Å². The van der Waals surface area contributed by atoms with Gasteiger partial charge in [0, 0.05) is 30.6 Å². The van der Waals surface area contributed by atoms with Gasteiger partial charge >= 0.3 is 0 Å². The number of fused-ring (bicyclic) bond motifs is 1. The van der Waals surface area contributed by atoms with Crippen LogP contribution >= 0.6 is 11.3 Å². The van der Waals surface area contributed by atoms with Gasteiger partial charge in [-0.15, -0.1) is 11.3 Å². The van der Waals surface area contributed by atoms with Gasteiger partial charge in [0.1, 0.15) is 5.00 Å². The molecule has 2 amide bonds. The Morgan fingerprint density at radius 2 is 1.59 bits per heavy atom. The third-order valence-electron chi connectivity index (χ3n) is 6.13. The fourth-order valence-corrected chi connectivity index (χ4v) is 6.94. The van der Waals surface area contributed by atoms with Crippen molar-refractivity contribution in [3.8, 4) is 0 Å². The Bertz CT molecular complexity index is 1100. The van der Waals surface area contributed by atoms with E-state index in [1.165, 1.54) is 35.6 Å². The van der Waals surface area contributed by atoms with Crippen LogP contribution in [0.5, 0.6) is 0 Å². The zero-order valence-corrected chi connectivity index (χ0v) is 21.9. The van der Waals surface area contributed by atoms with Gasteiger partial charge in [-0.2, -0.15) is 4.31 Å². The van der Waals surface area contributed by atoms with Gasteiger partial charge < -0.3 is 10.6 Å². The van der Waals surface area contributed by atoms with Crippen molar-refractivity contribution in [1.29, 1.82) is 0 Å². The minimum atomic E-state index is -3.62. The lowest BCUT2D eigenvalue weighted by molar-refractivity contribution is 0.0963. The first-order valence-corrected chi connectivity index (χ1v) is 14.4. The Labute approximate surface area is 207 Å². The highest BCUT2D eigenvalue weighted by molar-refractivity contribution is 7.89. The number of nitrogens with zero attached hydrogens (tertiary/aromatic N) is 1. The second kappa shape index (κ2) is 12.0. The summed E-state index contributed by atoms with van der Waals surface area (Å²) < 4.78 is 27.9. The second-order valence-corrected chi connectivity index (χ2v) is 11.6. The van der Waals surface area contributed by atoms with E-state index in [0.29, 0.717) is 29.2 Å². The van der Waals surface area contributed by atoms with E-state index in [-0.39, 0.29) is 16.7 Å². The van der Waals surface area contributed by atoms with Gasteiger partial charge in [-0.3, -0.25) is 9.59 Å². The fourth-order valence-electron chi connectivity index (χ4n) is 4.14. The van der Waals surface area contributed by atoms with Gasteiger partial charge in [0.15, 0.2) is 0 Å². The van der Waals surface area contributed by atoms with Crippen molar-refractivity contribution in [1.82, 2.24) is 9.62 Å². The molecule has 1 aliphatic carbocycles. The standard InChI is InChI=1S/C25H35N3O4S2/c1-4-6-16-28(17-7-5-2)34(31,32)19-14-12-18(13-15-19)23(29)27-25-22(24(30)26-3)20-10-8-9-11-21(20)33-25/h12-15H,4-11,16-17H2,1-3H3,(H,26,30)(H,27,29). The molecule has 3 rings (SSSR count). The van der Waals surface area contributed by atoms with Crippen LogP contribution in [0.15, 0.2) is 29.2 Å².